The fraction of sp³-hybridized carbons (Fsp3) is 0.158. The van der Waals surface area contributed by atoms with Gasteiger partial charge in [-0.25, -0.2) is 10.2 Å². The van der Waals surface area contributed by atoms with E-state index in [4.69, 9.17) is 0 Å². The smallest absolute Gasteiger partial charge is 0.337 e. The van der Waals surface area contributed by atoms with E-state index in [2.05, 4.69) is 20.6 Å². The van der Waals surface area contributed by atoms with E-state index in [1.807, 2.05) is 30.3 Å². The van der Waals surface area contributed by atoms with Gasteiger partial charge in [0.15, 0.2) is 0 Å². The summed E-state index contributed by atoms with van der Waals surface area (Å²) in [5, 5.41) is 6.33. The summed E-state index contributed by atoms with van der Waals surface area (Å²) in [5.41, 5.74) is 4.11. The van der Waals surface area contributed by atoms with Gasteiger partial charge in [0.1, 0.15) is 0 Å². The molecule has 2 N–H and O–H groups in total. The largest absolute Gasteiger partial charge is 0.465 e. The molecule has 1 atom stereocenters. The lowest BCUT2D eigenvalue weighted by Gasteiger charge is -2.13. The Balaban J connectivity index is 1.86. The van der Waals surface area contributed by atoms with Crippen LogP contribution in [-0.2, 0) is 14.3 Å². The van der Waals surface area contributed by atoms with Gasteiger partial charge in [-0.15, -0.1) is 0 Å². The van der Waals surface area contributed by atoms with E-state index in [1.54, 1.807) is 31.2 Å². The number of hydrogen-bond acceptors (Lipinski definition) is 5. The molecule has 0 aliphatic heterocycles. The minimum absolute atomic E-state index is 0.302. The van der Waals surface area contributed by atoms with Crippen molar-refractivity contribution in [3.63, 3.8) is 0 Å². The number of carbonyl (C=O) groups excluding carboxylic acids is 3. The SMILES string of the molecule is COC(=O)c1ccc(/C=N/NC(=O)C(=O)N[C@@H](C)c2ccccc2)cc1. The average Bonchev–Trinajstić information content (AvgIpc) is 2.68. The summed E-state index contributed by atoms with van der Waals surface area (Å²) < 4.78 is 4.60. The van der Waals surface area contributed by atoms with Crippen LogP contribution in [0.15, 0.2) is 59.7 Å². The van der Waals surface area contributed by atoms with Crippen LogP contribution in [0.2, 0.25) is 0 Å². The lowest BCUT2D eigenvalue weighted by atomic mass is 10.1. The van der Waals surface area contributed by atoms with E-state index in [0.717, 1.165) is 5.56 Å². The third-order valence-corrected chi connectivity index (χ3v) is 3.56. The molecule has 7 nitrogen and oxygen atoms in total. The molecule has 2 rings (SSSR count). The van der Waals surface area contributed by atoms with Crippen LogP contribution in [-0.4, -0.2) is 31.1 Å². The number of rotatable bonds is 5. The minimum atomic E-state index is -0.866. The summed E-state index contributed by atoms with van der Waals surface area (Å²) in [6.45, 7) is 1.78. The molecular weight excluding hydrogens is 334 g/mol. The summed E-state index contributed by atoms with van der Waals surface area (Å²) in [5.74, 6) is -2.08. The third-order valence-electron chi connectivity index (χ3n) is 3.56. The van der Waals surface area contributed by atoms with Crippen LogP contribution >= 0.6 is 0 Å². The highest BCUT2D eigenvalue weighted by molar-refractivity contribution is 6.35. The van der Waals surface area contributed by atoms with Crippen molar-refractivity contribution < 1.29 is 19.1 Å². The van der Waals surface area contributed by atoms with Gasteiger partial charge in [-0.05, 0) is 30.2 Å². The maximum atomic E-state index is 11.9. The topological polar surface area (TPSA) is 96.9 Å². The number of hydrogen-bond donors (Lipinski definition) is 2. The molecule has 134 valence electrons. The predicted molar refractivity (Wildman–Crippen MR) is 96.5 cm³/mol. The molecule has 0 unspecified atom stereocenters. The van der Waals surface area contributed by atoms with Crippen LogP contribution in [0.3, 0.4) is 0 Å². The number of amides is 2. The molecule has 0 heterocycles. The molecular formula is C19H19N3O4. The van der Waals surface area contributed by atoms with Crippen molar-refractivity contribution >= 4 is 24.0 Å². The summed E-state index contributed by atoms with van der Waals surface area (Å²) in [6.07, 6.45) is 1.37. The first kappa shape index (κ1) is 18.9. The Hall–Kier alpha value is -3.48. The van der Waals surface area contributed by atoms with E-state index in [9.17, 15) is 14.4 Å². The molecule has 0 spiro atoms. The quantitative estimate of drug-likeness (QED) is 0.371. The van der Waals surface area contributed by atoms with Gasteiger partial charge in [0.25, 0.3) is 0 Å². The van der Waals surface area contributed by atoms with Crippen LogP contribution in [0.4, 0.5) is 0 Å². The van der Waals surface area contributed by atoms with Gasteiger partial charge in [0, 0.05) is 0 Å². The second-order valence-electron chi connectivity index (χ2n) is 5.42. The summed E-state index contributed by atoms with van der Waals surface area (Å²) >= 11 is 0. The molecule has 0 aliphatic carbocycles. The Morgan fingerprint density at radius 2 is 1.65 bits per heavy atom. The van der Waals surface area contributed by atoms with Crippen molar-refractivity contribution in [3.05, 3.63) is 71.3 Å². The van der Waals surface area contributed by atoms with E-state index in [1.165, 1.54) is 13.3 Å². The Labute approximate surface area is 151 Å². The van der Waals surface area contributed by atoms with Gasteiger partial charge in [0.05, 0.1) is 24.9 Å². The number of nitrogens with one attached hydrogen (secondary N) is 2. The average molecular weight is 353 g/mol. The molecule has 7 heteroatoms. The Morgan fingerprint density at radius 1 is 1.00 bits per heavy atom. The minimum Gasteiger partial charge on any atom is -0.465 e. The Morgan fingerprint density at radius 3 is 2.27 bits per heavy atom. The fourth-order valence-corrected chi connectivity index (χ4v) is 2.13. The normalized spacial score (nSPS) is 11.6. The van der Waals surface area contributed by atoms with Crippen molar-refractivity contribution in [1.82, 2.24) is 10.7 Å². The number of esters is 1. The standard InChI is InChI=1S/C19H19N3O4/c1-13(15-6-4-3-5-7-15)21-17(23)18(24)22-20-12-14-8-10-16(11-9-14)19(25)26-2/h3-13H,1-2H3,(H,21,23)(H,22,24)/b20-12+/t13-/m0/s1. The summed E-state index contributed by atoms with van der Waals surface area (Å²) in [7, 11) is 1.30. The third kappa shape index (κ3) is 5.27. The number of hydrazone groups is 1. The van der Waals surface area contributed by atoms with Crippen LogP contribution in [0.25, 0.3) is 0 Å². The lowest BCUT2D eigenvalue weighted by molar-refractivity contribution is -0.139. The molecule has 2 aromatic rings. The van der Waals surface area contributed by atoms with Crippen LogP contribution in [0.5, 0.6) is 0 Å². The second kappa shape index (κ2) is 9.12. The van der Waals surface area contributed by atoms with Crippen molar-refractivity contribution in [3.8, 4) is 0 Å². The van der Waals surface area contributed by atoms with E-state index in [-0.39, 0.29) is 6.04 Å². The molecule has 2 amide bonds. The second-order valence-corrected chi connectivity index (χ2v) is 5.42. The van der Waals surface area contributed by atoms with Gasteiger partial charge in [0.2, 0.25) is 0 Å². The first-order valence-corrected chi connectivity index (χ1v) is 7.88. The fourth-order valence-electron chi connectivity index (χ4n) is 2.13. The summed E-state index contributed by atoms with van der Waals surface area (Å²) in [4.78, 5) is 35.0. The zero-order valence-corrected chi connectivity index (χ0v) is 14.4. The molecule has 0 saturated carbocycles. The maximum absolute atomic E-state index is 11.9. The van der Waals surface area contributed by atoms with E-state index >= 15 is 0 Å². The number of carbonyl (C=O) groups is 3. The summed E-state index contributed by atoms with van der Waals surface area (Å²) in [6, 6.07) is 15.4. The van der Waals surface area contributed by atoms with Gasteiger partial charge in [-0.3, -0.25) is 9.59 Å². The van der Waals surface area contributed by atoms with Crippen molar-refractivity contribution in [2.45, 2.75) is 13.0 Å². The predicted octanol–water partition coefficient (Wildman–Crippen LogP) is 1.80. The van der Waals surface area contributed by atoms with Crippen molar-refractivity contribution in [2.75, 3.05) is 7.11 Å². The number of methoxy groups -OCH3 is 1. The van der Waals surface area contributed by atoms with Crippen molar-refractivity contribution in [1.29, 1.82) is 0 Å². The van der Waals surface area contributed by atoms with E-state index in [0.29, 0.717) is 11.1 Å². The molecule has 0 fully saturated rings. The molecule has 26 heavy (non-hydrogen) atoms. The zero-order chi connectivity index (χ0) is 18.9. The lowest BCUT2D eigenvalue weighted by Crippen LogP contribution is -2.39. The highest BCUT2D eigenvalue weighted by Gasteiger charge is 2.16. The zero-order valence-electron chi connectivity index (χ0n) is 14.4. The number of ether oxygens (including phenoxy) is 1. The van der Waals surface area contributed by atoms with Gasteiger partial charge < -0.3 is 10.1 Å². The van der Waals surface area contributed by atoms with Crippen LogP contribution in [0, 0.1) is 0 Å². The van der Waals surface area contributed by atoms with Gasteiger partial charge in [-0.2, -0.15) is 5.10 Å². The molecule has 0 radical (unpaired) electrons. The Kier molecular flexibility index (Phi) is 6.61. The van der Waals surface area contributed by atoms with Crippen LogP contribution < -0.4 is 10.7 Å². The van der Waals surface area contributed by atoms with E-state index < -0.39 is 17.8 Å². The van der Waals surface area contributed by atoms with Gasteiger partial charge >= 0.3 is 17.8 Å². The number of nitrogens with zero attached hydrogens (tertiary/aromatic N) is 1. The first-order chi connectivity index (χ1) is 12.5. The monoisotopic (exact) mass is 353 g/mol. The molecule has 0 saturated heterocycles. The molecule has 0 aliphatic rings. The van der Waals surface area contributed by atoms with Crippen LogP contribution in [0.1, 0.15) is 34.5 Å². The van der Waals surface area contributed by atoms with Gasteiger partial charge in [-0.1, -0.05) is 42.5 Å². The number of benzene rings is 2. The highest BCUT2D eigenvalue weighted by Crippen LogP contribution is 2.10. The van der Waals surface area contributed by atoms with Crippen molar-refractivity contribution in [2.24, 2.45) is 5.10 Å². The molecule has 0 bridgehead atoms. The molecule has 2 aromatic carbocycles. The first-order valence-electron chi connectivity index (χ1n) is 7.88. The highest BCUT2D eigenvalue weighted by atomic mass is 16.5. The Bertz CT molecular complexity index is 801. The maximum Gasteiger partial charge on any atom is 0.337 e. The molecule has 0 aromatic heterocycles.